The van der Waals surface area contributed by atoms with E-state index in [0.717, 1.165) is 19.6 Å². The Bertz CT molecular complexity index is 324. The highest BCUT2D eigenvalue weighted by Gasteiger charge is 2.33. The lowest BCUT2D eigenvalue weighted by Gasteiger charge is -2.22. The number of benzene rings is 1. The summed E-state index contributed by atoms with van der Waals surface area (Å²) in [5.74, 6) is 0.413. The van der Waals surface area contributed by atoms with Gasteiger partial charge in [0.05, 0.1) is 0 Å². The lowest BCUT2D eigenvalue weighted by atomic mass is 9.88. The molecule has 1 heterocycles. The Morgan fingerprint density at radius 1 is 1.28 bits per heavy atom. The van der Waals surface area contributed by atoms with Gasteiger partial charge >= 0.3 is 0 Å². The van der Waals surface area contributed by atoms with E-state index in [1.807, 2.05) is 6.07 Å². The Hall–Kier alpha value is -0.320. The van der Waals surface area contributed by atoms with E-state index in [9.17, 15) is 0 Å². The lowest BCUT2D eigenvalue weighted by molar-refractivity contribution is 0.183. The van der Waals surface area contributed by atoms with Crippen LogP contribution in [0.25, 0.3) is 0 Å². The number of hydrogen-bond acceptors (Lipinski definition) is 3. The topological polar surface area (TPSA) is 47.3 Å². The fourth-order valence-corrected chi connectivity index (χ4v) is 2.52. The van der Waals surface area contributed by atoms with E-state index in [0.29, 0.717) is 12.0 Å². The van der Waals surface area contributed by atoms with E-state index in [1.165, 1.54) is 5.56 Å². The molecule has 0 saturated carbocycles. The van der Waals surface area contributed by atoms with Gasteiger partial charge in [0.25, 0.3) is 0 Å². The van der Waals surface area contributed by atoms with Crippen molar-refractivity contribution in [3.63, 3.8) is 0 Å². The molecule has 18 heavy (non-hydrogen) atoms. The van der Waals surface area contributed by atoms with Crippen molar-refractivity contribution in [2.75, 3.05) is 20.3 Å². The highest BCUT2D eigenvalue weighted by atomic mass is 35.5. The molecular formula is C13H22Cl2N2O. The molecule has 0 bridgehead atoms. The second-order valence-corrected chi connectivity index (χ2v) is 4.40. The van der Waals surface area contributed by atoms with E-state index in [-0.39, 0.29) is 30.9 Å². The number of methoxy groups -OCH3 is 1. The summed E-state index contributed by atoms with van der Waals surface area (Å²) in [6.45, 7) is 1.68. The molecule has 0 radical (unpaired) electrons. The van der Waals surface area contributed by atoms with Crippen LogP contribution >= 0.6 is 24.8 Å². The summed E-state index contributed by atoms with van der Waals surface area (Å²) >= 11 is 0. The maximum atomic E-state index is 6.17. The average Bonchev–Trinajstić information content (AvgIpc) is 2.69. The first-order valence-electron chi connectivity index (χ1n) is 5.86. The quantitative estimate of drug-likeness (QED) is 0.892. The maximum absolute atomic E-state index is 6.17. The van der Waals surface area contributed by atoms with Gasteiger partial charge in [0, 0.05) is 38.3 Å². The Kier molecular flexibility index (Phi) is 8.57. The molecule has 0 aromatic heterocycles. The smallest absolute Gasteiger partial charge is 0.0477 e. The van der Waals surface area contributed by atoms with Crippen LogP contribution in [0.5, 0.6) is 0 Å². The van der Waals surface area contributed by atoms with E-state index < -0.39 is 0 Å². The zero-order valence-corrected chi connectivity index (χ0v) is 12.2. The minimum atomic E-state index is 0. The van der Waals surface area contributed by atoms with Crippen molar-refractivity contribution in [2.45, 2.75) is 24.4 Å². The molecule has 3 nitrogen and oxygen atoms in total. The first kappa shape index (κ1) is 17.7. The van der Waals surface area contributed by atoms with Crippen LogP contribution in [0.15, 0.2) is 30.3 Å². The van der Waals surface area contributed by atoms with Gasteiger partial charge < -0.3 is 15.8 Å². The van der Waals surface area contributed by atoms with Crippen LogP contribution in [0.2, 0.25) is 0 Å². The van der Waals surface area contributed by atoms with Gasteiger partial charge in [-0.05, 0) is 12.0 Å². The molecule has 2 rings (SSSR count). The second-order valence-electron chi connectivity index (χ2n) is 4.40. The number of nitrogens with two attached hydrogens (primary N) is 1. The molecule has 1 fully saturated rings. The van der Waals surface area contributed by atoms with Crippen molar-refractivity contribution in [1.82, 2.24) is 5.32 Å². The number of rotatable bonds is 4. The van der Waals surface area contributed by atoms with Crippen LogP contribution in [-0.2, 0) is 4.74 Å². The first-order chi connectivity index (χ1) is 7.83. The van der Waals surface area contributed by atoms with Crippen molar-refractivity contribution >= 4 is 24.8 Å². The number of halogens is 2. The molecule has 3 N–H and O–H groups in total. The van der Waals surface area contributed by atoms with Crippen molar-refractivity contribution in [3.8, 4) is 0 Å². The Labute approximate surface area is 121 Å². The third-order valence-electron chi connectivity index (χ3n) is 3.33. The minimum absolute atomic E-state index is 0. The standard InChI is InChI=1S/C13H20N2O.2ClH/c1-16-8-7-12-13(11(14)9-15-12)10-5-3-2-4-6-10;;/h2-6,11-13,15H,7-9,14H2,1H3;2*1H. The Balaban J connectivity index is 0.00000144. The molecule has 0 spiro atoms. The predicted molar refractivity (Wildman–Crippen MR) is 79.9 cm³/mol. The number of nitrogens with one attached hydrogen (secondary N) is 1. The number of hydrogen-bond donors (Lipinski definition) is 2. The SMILES string of the molecule is COCCC1NCC(N)C1c1ccccc1.Cl.Cl. The van der Waals surface area contributed by atoms with Crippen LogP contribution < -0.4 is 11.1 Å². The first-order valence-corrected chi connectivity index (χ1v) is 5.86. The minimum Gasteiger partial charge on any atom is -0.385 e. The fraction of sp³-hybridized carbons (Fsp3) is 0.538. The molecule has 5 heteroatoms. The monoisotopic (exact) mass is 292 g/mol. The maximum Gasteiger partial charge on any atom is 0.0477 e. The molecule has 104 valence electrons. The van der Waals surface area contributed by atoms with Gasteiger partial charge in [-0.2, -0.15) is 0 Å². The number of ether oxygens (including phenoxy) is 1. The third kappa shape index (κ3) is 4.11. The van der Waals surface area contributed by atoms with Gasteiger partial charge in [0.15, 0.2) is 0 Å². The van der Waals surface area contributed by atoms with Crippen LogP contribution in [0.1, 0.15) is 17.9 Å². The van der Waals surface area contributed by atoms with Gasteiger partial charge in [0.1, 0.15) is 0 Å². The van der Waals surface area contributed by atoms with Gasteiger partial charge in [-0.1, -0.05) is 30.3 Å². The van der Waals surface area contributed by atoms with E-state index in [4.69, 9.17) is 10.5 Å². The molecule has 1 aromatic rings. The predicted octanol–water partition coefficient (Wildman–Crippen LogP) is 1.95. The van der Waals surface area contributed by atoms with Crippen molar-refractivity contribution in [2.24, 2.45) is 5.73 Å². The van der Waals surface area contributed by atoms with Crippen LogP contribution in [0.3, 0.4) is 0 Å². The summed E-state index contributed by atoms with van der Waals surface area (Å²) in [6, 6.07) is 11.2. The van der Waals surface area contributed by atoms with Crippen LogP contribution in [-0.4, -0.2) is 32.3 Å². The molecule has 3 unspecified atom stereocenters. The Morgan fingerprint density at radius 3 is 2.56 bits per heavy atom. The summed E-state index contributed by atoms with van der Waals surface area (Å²) in [5.41, 5.74) is 7.50. The van der Waals surface area contributed by atoms with E-state index in [2.05, 4.69) is 29.6 Å². The van der Waals surface area contributed by atoms with E-state index >= 15 is 0 Å². The van der Waals surface area contributed by atoms with Crippen LogP contribution in [0.4, 0.5) is 0 Å². The average molecular weight is 293 g/mol. The normalized spacial score (nSPS) is 26.2. The molecular weight excluding hydrogens is 271 g/mol. The highest BCUT2D eigenvalue weighted by molar-refractivity contribution is 5.85. The third-order valence-corrected chi connectivity index (χ3v) is 3.33. The van der Waals surface area contributed by atoms with Crippen molar-refractivity contribution in [3.05, 3.63) is 35.9 Å². The summed E-state index contributed by atoms with van der Waals surface area (Å²) < 4.78 is 5.14. The molecule has 1 saturated heterocycles. The molecule has 0 aliphatic carbocycles. The molecule has 0 amide bonds. The largest absolute Gasteiger partial charge is 0.385 e. The van der Waals surface area contributed by atoms with Crippen LogP contribution in [0, 0.1) is 0 Å². The molecule has 1 aromatic carbocycles. The molecule has 3 atom stereocenters. The fourth-order valence-electron chi connectivity index (χ4n) is 2.52. The van der Waals surface area contributed by atoms with Gasteiger partial charge in [-0.25, -0.2) is 0 Å². The molecule has 1 aliphatic rings. The van der Waals surface area contributed by atoms with Gasteiger partial charge in [0.2, 0.25) is 0 Å². The lowest BCUT2D eigenvalue weighted by Crippen LogP contribution is -2.30. The zero-order valence-electron chi connectivity index (χ0n) is 10.5. The zero-order chi connectivity index (χ0) is 11.4. The second kappa shape index (κ2) is 8.73. The van der Waals surface area contributed by atoms with Gasteiger partial charge in [-0.15, -0.1) is 24.8 Å². The van der Waals surface area contributed by atoms with E-state index in [1.54, 1.807) is 7.11 Å². The highest BCUT2D eigenvalue weighted by Crippen LogP contribution is 2.28. The summed E-state index contributed by atoms with van der Waals surface area (Å²) in [6.07, 6.45) is 1.02. The summed E-state index contributed by atoms with van der Waals surface area (Å²) in [7, 11) is 1.74. The Morgan fingerprint density at radius 2 is 1.94 bits per heavy atom. The molecule has 1 aliphatic heterocycles. The summed E-state index contributed by atoms with van der Waals surface area (Å²) in [5, 5.41) is 3.48. The van der Waals surface area contributed by atoms with Gasteiger partial charge in [-0.3, -0.25) is 0 Å². The summed E-state index contributed by atoms with van der Waals surface area (Å²) in [4.78, 5) is 0. The van der Waals surface area contributed by atoms with Crippen molar-refractivity contribution in [1.29, 1.82) is 0 Å². The van der Waals surface area contributed by atoms with Crippen molar-refractivity contribution < 1.29 is 4.74 Å².